The molecule has 0 saturated heterocycles. The molecule has 2 N–H and O–H groups in total. The summed E-state index contributed by atoms with van der Waals surface area (Å²) in [5.41, 5.74) is 2.63. The third-order valence-electron chi connectivity index (χ3n) is 5.54. The molecule has 152 valence electrons. The minimum absolute atomic E-state index is 0.0417. The maximum absolute atomic E-state index is 12.7. The van der Waals surface area contributed by atoms with Crippen LogP contribution in [0.15, 0.2) is 54.6 Å². The Morgan fingerprint density at radius 2 is 1.93 bits per heavy atom. The number of rotatable bonds is 7. The monoisotopic (exact) mass is 413 g/mol. The number of ether oxygens (including phenoxy) is 1. The summed E-state index contributed by atoms with van der Waals surface area (Å²) in [6, 6.07) is 14.9. The lowest BCUT2D eigenvalue weighted by Gasteiger charge is -2.19. The Bertz CT molecular complexity index is 1030. The fourth-order valence-corrected chi connectivity index (χ4v) is 5.59. The lowest BCUT2D eigenvalue weighted by Crippen LogP contribution is -2.39. The van der Waals surface area contributed by atoms with Crippen molar-refractivity contribution in [1.82, 2.24) is 4.72 Å². The first-order chi connectivity index (χ1) is 13.9. The van der Waals surface area contributed by atoms with Crippen LogP contribution >= 0.6 is 0 Å². The Labute approximate surface area is 170 Å². The van der Waals surface area contributed by atoms with Crippen LogP contribution in [-0.2, 0) is 21.2 Å². The van der Waals surface area contributed by atoms with Crippen LogP contribution in [0.5, 0.6) is 5.75 Å². The molecule has 1 saturated carbocycles. The summed E-state index contributed by atoms with van der Waals surface area (Å²) < 4.78 is 34.3. The first-order valence-electron chi connectivity index (χ1n) is 9.67. The maximum Gasteiger partial charge on any atom is 0.328 e. The Hall–Kier alpha value is -2.64. The first-order valence-corrected chi connectivity index (χ1v) is 11.3. The molecule has 4 rings (SSSR count). The lowest BCUT2D eigenvalue weighted by atomic mass is 9.93. The third-order valence-corrected chi connectivity index (χ3v) is 6.94. The molecule has 3 unspecified atom stereocenters. The Balaban J connectivity index is 1.49. The maximum atomic E-state index is 12.7. The highest BCUT2D eigenvalue weighted by Gasteiger charge is 2.46. The molecule has 3 atom stereocenters. The van der Waals surface area contributed by atoms with E-state index >= 15 is 0 Å². The van der Waals surface area contributed by atoms with E-state index in [-0.39, 0.29) is 23.8 Å². The second-order valence-corrected chi connectivity index (χ2v) is 9.35. The summed E-state index contributed by atoms with van der Waals surface area (Å²) >= 11 is 0. The lowest BCUT2D eigenvalue weighted by molar-refractivity contribution is -0.131. The second-order valence-electron chi connectivity index (χ2n) is 7.48. The van der Waals surface area contributed by atoms with Gasteiger partial charge >= 0.3 is 5.97 Å². The van der Waals surface area contributed by atoms with E-state index in [9.17, 15) is 13.2 Å². The van der Waals surface area contributed by atoms with Crippen LogP contribution in [0, 0.1) is 0 Å². The van der Waals surface area contributed by atoms with Gasteiger partial charge in [0.2, 0.25) is 10.0 Å². The number of carbonyl (C=O) groups is 1. The quantitative estimate of drug-likeness (QED) is 0.681. The Morgan fingerprint density at radius 1 is 1.14 bits per heavy atom. The minimum Gasteiger partial charge on any atom is -0.489 e. The molecule has 0 spiro atoms. The van der Waals surface area contributed by atoms with E-state index in [1.165, 1.54) is 6.08 Å². The molecule has 1 aliphatic carbocycles. The number of aliphatic carboxylic acids is 1. The average molecular weight is 413 g/mol. The first kappa shape index (κ1) is 19.7. The molecule has 2 aromatic rings. The highest BCUT2D eigenvalue weighted by molar-refractivity contribution is 7.89. The number of aryl methyl sites for hydroxylation is 1. The van der Waals surface area contributed by atoms with E-state index in [2.05, 4.69) is 4.72 Å². The van der Waals surface area contributed by atoms with E-state index in [1.807, 2.05) is 42.5 Å². The molecule has 1 fully saturated rings. The fourth-order valence-electron chi connectivity index (χ4n) is 4.25. The van der Waals surface area contributed by atoms with Crippen LogP contribution in [-0.4, -0.2) is 37.4 Å². The van der Waals surface area contributed by atoms with E-state index in [0.717, 1.165) is 23.6 Å². The van der Waals surface area contributed by atoms with E-state index < -0.39 is 16.0 Å². The number of hydrogen-bond acceptors (Lipinski definition) is 4. The van der Waals surface area contributed by atoms with Crippen LogP contribution in [0.2, 0.25) is 0 Å². The number of fused-ring (bicyclic) bond motifs is 3. The van der Waals surface area contributed by atoms with Crippen molar-refractivity contribution in [1.29, 1.82) is 0 Å². The van der Waals surface area contributed by atoms with Gasteiger partial charge in [0.15, 0.2) is 0 Å². The standard InChI is InChI=1S/C22H23NO5S/c24-20(25)12-9-16-7-4-8-17-21-18(10-11-19(21)28-22(16)17)23-29(26,27)14-13-15-5-2-1-3-6-15/h1-9,12,18-19,21,23H,10-11,13-14H2,(H,24,25). The van der Waals surface area contributed by atoms with Gasteiger partial charge in [-0.3, -0.25) is 0 Å². The van der Waals surface area contributed by atoms with Gasteiger partial charge in [0.25, 0.3) is 0 Å². The predicted octanol–water partition coefficient (Wildman–Crippen LogP) is 2.95. The molecule has 0 amide bonds. The highest BCUT2D eigenvalue weighted by Crippen LogP contribution is 2.48. The fraction of sp³-hybridized carbons (Fsp3) is 0.318. The third kappa shape index (κ3) is 4.36. The number of para-hydroxylation sites is 1. The van der Waals surface area contributed by atoms with Gasteiger partial charge in [-0.15, -0.1) is 0 Å². The summed E-state index contributed by atoms with van der Waals surface area (Å²) in [6.07, 6.45) is 4.44. The van der Waals surface area contributed by atoms with Crippen LogP contribution < -0.4 is 9.46 Å². The number of nitrogens with one attached hydrogen (secondary N) is 1. The van der Waals surface area contributed by atoms with Gasteiger partial charge in [-0.25, -0.2) is 17.9 Å². The SMILES string of the molecule is O=C(O)C=Cc1cccc2c1OC1CCC(NS(=O)(=O)CCc3ccccc3)C21. The van der Waals surface area contributed by atoms with Gasteiger partial charge in [-0.05, 0) is 30.9 Å². The number of sulfonamides is 1. The summed E-state index contributed by atoms with van der Waals surface area (Å²) in [5.74, 6) is -0.382. The van der Waals surface area contributed by atoms with Crippen LogP contribution in [0.1, 0.15) is 35.4 Å². The number of carboxylic acid groups (broad SMARTS) is 1. The van der Waals surface area contributed by atoms with Crippen LogP contribution in [0.4, 0.5) is 0 Å². The van der Waals surface area contributed by atoms with Crippen molar-refractivity contribution in [3.63, 3.8) is 0 Å². The van der Waals surface area contributed by atoms with Crippen molar-refractivity contribution < 1.29 is 23.1 Å². The van der Waals surface area contributed by atoms with Crippen molar-refractivity contribution in [3.05, 3.63) is 71.3 Å². The zero-order chi connectivity index (χ0) is 20.4. The van der Waals surface area contributed by atoms with Crippen molar-refractivity contribution in [2.75, 3.05) is 5.75 Å². The number of benzene rings is 2. The second kappa shape index (κ2) is 8.00. The van der Waals surface area contributed by atoms with E-state index in [0.29, 0.717) is 24.2 Å². The molecular formula is C22H23NO5S. The molecule has 2 aromatic carbocycles. The van der Waals surface area contributed by atoms with Gasteiger partial charge in [-0.1, -0.05) is 48.5 Å². The van der Waals surface area contributed by atoms with Gasteiger partial charge in [0.05, 0.1) is 5.75 Å². The van der Waals surface area contributed by atoms with E-state index in [4.69, 9.17) is 9.84 Å². The minimum atomic E-state index is -3.43. The van der Waals surface area contributed by atoms with Gasteiger partial charge in [0, 0.05) is 29.2 Å². The molecule has 29 heavy (non-hydrogen) atoms. The van der Waals surface area contributed by atoms with Crippen molar-refractivity contribution in [2.45, 2.75) is 37.3 Å². The zero-order valence-electron chi connectivity index (χ0n) is 15.8. The smallest absolute Gasteiger partial charge is 0.328 e. The molecule has 7 heteroatoms. The van der Waals surface area contributed by atoms with Gasteiger partial charge < -0.3 is 9.84 Å². The normalized spacial score (nSPS) is 23.0. The number of hydrogen-bond donors (Lipinski definition) is 2. The Morgan fingerprint density at radius 3 is 2.69 bits per heavy atom. The molecule has 0 bridgehead atoms. The summed E-state index contributed by atoms with van der Waals surface area (Å²) in [7, 11) is -3.43. The van der Waals surface area contributed by atoms with Gasteiger partial charge in [0.1, 0.15) is 11.9 Å². The molecule has 6 nitrogen and oxygen atoms in total. The van der Waals surface area contributed by atoms with Crippen molar-refractivity contribution in [2.24, 2.45) is 0 Å². The topological polar surface area (TPSA) is 92.7 Å². The van der Waals surface area contributed by atoms with Crippen LogP contribution in [0.3, 0.4) is 0 Å². The molecule has 1 aliphatic heterocycles. The highest BCUT2D eigenvalue weighted by atomic mass is 32.2. The average Bonchev–Trinajstić information content (AvgIpc) is 3.25. The summed E-state index contributed by atoms with van der Waals surface area (Å²) in [5, 5.41) is 8.88. The van der Waals surface area contributed by atoms with Crippen LogP contribution in [0.25, 0.3) is 6.08 Å². The molecule has 1 heterocycles. The largest absolute Gasteiger partial charge is 0.489 e. The zero-order valence-corrected chi connectivity index (χ0v) is 16.6. The molecular weight excluding hydrogens is 390 g/mol. The molecule has 0 radical (unpaired) electrons. The summed E-state index contributed by atoms with van der Waals surface area (Å²) in [4.78, 5) is 10.8. The number of carboxylic acids is 1. The summed E-state index contributed by atoms with van der Waals surface area (Å²) in [6.45, 7) is 0. The Kier molecular flexibility index (Phi) is 5.43. The molecule has 0 aromatic heterocycles. The predicted molar refractivity (Wildman–Crippen MR) is 110 cm³/mol. The van der Waals surface area contributed by atoms with E-state index in [1.54, 1.807) is 6.07 Å². The van der Waals surface area contributed by atoms with Gasteiger partial charge in [-0.2, -0.15) is 0 Å². The van der Waals surface area contributed by atoms with Crippen molar-refractivity contribution in [3.8, 4) is 5.75 Å². The van der Waals surface area contributed by atoms with Crippen molar-refractivity contribution >= 4 is 22.1 Å². The molecule has 2 aliphatic rings.